The van der Waals surface area contributed by atoms with Crippen LogP contribution in [-0.2, 0) is 21.4 Å². The molecule has 1 amide bonds. The first kappa shape index (κ1) is 21.3. The fourth-order valence-electron chi connectivity index (χ4n) is 3.85. The average Bonchev–Trinajstić information content (AvgIpc) is 2.76. The van der Waals surface area contributed by atoms with Crippen LogP contribution in [0.15, 0.2) is 78.9 Å². The van der Waals surface area contributed by atoms with E-state index in [4.69, 9.17) is 0 Å². The monoisotopic (exact) mass is 401 g/mol. The van der Waals surface area contributed by atoms with Crippen LogP contribution in [0.1, 0.15) is 34.7 Å². The van der Waals surface area contributed by atoms with Crippen molar-refractivity contribution in [2.45, 2.75) is 38.6 Å². The molecule has 0 spiro atoms. The number of nitrogens with one attached hydrogen (secondary N) is 1. The molecule has 0 heterocycles. The third kappa shape index (κ3) is 4.28. The van der Waals surface area contributed by atoms with Crippen LogP contribution in [0.4, 0.5) is 0 Å². The van der Waals surface area contributed by atoms with Crippen molar-refractivity contribution in [1.82, 2.24) is 5.32 Å². The van der Waals surface area contributed by atoms with Gasteiger partial charge in [0.15, 0.2) is 0 Å². The van der Waals surface area contributed by atoms with Crippen LogP contribution in [0.2, 0.25) is 0 Å². The van der Waals surface area contributed by atoms with E-state index >= 15 is 0 Å². The third-order valence-corrected chi connectivity index (χ3v) is 5.81. The Kier molecular flexibility index (Phi) is 6.36. The van der Waals surface area contributed by atoms with Gasteiger partial charge in [-0.15, -0.1) is 0 Å². The van der Waals surface area contributed by atoms with Gasteiger partial charge >= 0.3 is 5.97 Å². The molecule has 0 aliphatic heterocycles. The summed E-state index contributed by atoms with van der Waals surface area (Å²) in [6.45, 7) is 5.76. The zero-order valence-electron chi connectivity index (χ0n) is 17.6. The van der Waals surface area contributed by atoms with Gasteiger partial charge in [0.2, 0.25) is 5.91 Å². The molecule has 2 N–H and O–H groups in total. The lowest BCUT2D eigenvalue weighted by atomic mass is 9.75. The van der Waals surface area contributed by atoms with Gasteiger partial charge in [0.1, 0.15) is 6.04 Å². The van der Waals surface area contributed by atoms with E-state index in [2.05, 4.69) is 5.32 Å². The highest BCUT2D eigenvalue weighted by Gasteiger charge is 2.39. The number of aryl methyl sites for hydroxylation is 2. The van der Waals surface area contributed by atoms with Crippen LogP contribution in [-0.4, -0.2) is 23.0 Å². The summed E-state index contributed by atoms with van der Waals surface area (Å²) in [6, 6.07) is 23.8. The van der Waals surface area contributed by atoms with Gasteiger partial charge in [-0.3, -0.25) is 4.79 Å². The van der Waals surface area contributed by atoms with Crippen molar-refractivity contribution in [2.75, 3.05) is 0 Å². The maximum atomic E-state index is 13.6. The van der Waals surface area contributed by atoms with Gasteiger partial charge in [-0.05, 0) is 48.6 Å². The van der Waals surface area contributed by atoms with Gasteiger partial charge in [0.05, 0.1) is 5.41 Å². The molecule has 3 rings (SSSR count). The van der Waals surface area contributed by atoms with Crippen molar-refractivity contribution in [3.8, 4) is 0 Å². The lowest BCUT2D eigenvalue weighted by molar-refractivity contribution is -0.142. The van der Waals surface area contributed by atoms with Crippen LogP contribution >= 0.6 is 0 Å². The second-order valence-electron chi connectivity index (χ2n) is 7.80. The van der Waals surface area contributed by atoms with Gasteiger partial charge in [-0.25, -0.2) is 4.79 Å². The van der Waals surface area contributed by atoms with Crippen LogP contribution in [0, 0.1) is 13.8 Å². The Bertz CT molecular complexity index is 969. The number of hydrogen-bond donors (Lipinski definition) is 2. The summed E-state index contributed by atoms with van der Waals surface area (Å²) >= 11 is 0. The quantitative estimate of drug-likeness (QED) is 0.616. The minimum Gasteiger partial charge on any atom is -0.480 e. The molecule has 0 aliphatic carbocycles. The number of carbonyl (C=O) groups excluding carboxylic acids is 1. The van der Waals surface area contributed by atoms with E-state index in [0.717, 1.165) is 27.8 Å². The van der Waals surface area contributed by atoms with Crippen molar-refractivity contribution >= 4 is 11.9 Å². The Morgan fingerprint density at radius 3 is 1.73 bits per heavy atom. The van der Waals surface area contributed by atoms with Crippen LogP contribution in [0.25, 0.3) is 0 Å². The van der Waals surface area contributed by atoms with Gasteiger partial charge in [0.25, 0.3) is 0 Å². The number of amides is 1. The van der Waals surface area contributed by atoms with Crippen molar-refractivity contribution < 1.29 is 14.7 Å². The van der Waals surface area contributed by atoms with Gasteiger partial charge in [0, 0.05) is 6.42 Å². The predicted molar refractivity (Wildman–Crippen MR) is 119 cm³/mol. The maximum Gasteiger partial charge on any atom is 0.326 e. The maximum absolute atomic E-state index is 13.6. The standard InChI is InChI=1S/C26H27NO3/c1-18-11-10-12-19(2)22(18)17-23(24(28)29)27-25(30)26(3,20-13-6-4-7-14-20)21-15-8-5-9-16-21/h4-16,23H,17H2,1-3H3,(H,27,30)(H,28,29)/t23-/m1/s1. The summed E-state index contributed by atoms with van der Waals surface area (Å²) in [7, 11) is 0. The van der Waals surface area contributed by atoms with E-state index in [9.17, 15) is 14.7 Å². The van der Waals surface area contributed by atoms with Gasteiger partial charge in [-0.2, -0.15) is 0 Å². The molecule has 0 aliphatic rings. The van der Waals surface area contributed by atoms with Crippen molar-refractivity contribution in [3.63, 3.8) is 0 Å². The fraction of sp³-hybridized carbons (Fsp3) is 0.231. The minimum absolute atomic E-state index is 0.235. The summed E-state index contributed by atoms with van der Waals surface area (Å²) in [5.41, 5.74) is 3.59. The Morgan fingerprint density at radius 2 is 1.30 bits per heavy atom. The third-order valence-electron chi connectivity index (χ3n) is 5.81. The fourth-order valence-corrected chi connectivity index (χ4v) is 3.85. The SMILES string of the molecule is Cc1cccc(C)c1C[C@@H](NC(=O)C(C)(c1ccccc1)c1ccccc1)C(=O)O. The molecule has 4 heteroatoms. The molecule has 3 aromatic rings. The van der Waals surface area contributed by atoms with Gasteiger partial charge in [-0.1, -0.05) is 78.9 Å². The van der Waals surface area contributed by atoms with E-state index in [1.165, 1.54) is 0 Å². The molecule has 0 aromatic heterocycles. The number of carboxylic acid groups (broad SMARTS) is 1. The highest BCUT2D eigenvalue weighted by Crippen LogP contribution is 2.32. The molecular formula is C26H27NO3. The van der Waals surface area contributed by atoms with E-state index in [1.807, 2.05) is 99.6 Å². The molecule has 30 heavy (non-hydrogen) atoms. The molecule has 154 valence electrons. The number of carbonyl (C=O) groups is 2. The molecule has 0 saturated carbocycles. The summed E-state index contributed by atoms with van der Waals surface area (Å²) in [4.78, 5) is 25.6. The number of aliphatic carboxylic acids is 1. The van der Waals surface area contributed by atoms with Crippen molar-refractivity contribution in [1.29, 1.82) is 0 Å². The first-order valence-electron chi connectivity index (χ1n) is 10.0. The highest BCUT2D eigenvalue weighted by molar-refractivity contribution is 5.94. The molecule has 0 radical (unpaired) electrons. The van der Waals surface area contributed by atoms with E-state index in [-0.39, 0.29) is 12.3 Å². The largest absolute Gasteiger partial charge is 0.480 e. The molecular weight excluding hydrogens is 374 g/mol. The summed E-state index contributed by atoms with van der Waals surface area (Å²) < 4.78 is 0. The molecule has 0 unspecified atom stereocenters. The van der Waals surface area contributed by atoms with Crippen LogP contribution in [0.3, 0.4) is 0 Å². The highest BCUT2D eigenvalue weighted by atomic mass is 16.4. The Balaban J connectivity index is 1.97. The summed E-state index contributed by atoms with van der Waals surface area (Å²) in [5, 5.41) is 12.7. The average molecular weight is 402 g/mol. The Morgan fingerprint density at radius 1 is 0.833 bits per heavy atom. The predicted octanol–water partition coefficient (Wildman–Crippen LogP) is 4.42. The zero-order valence-corrected chi connectivity index (χ0v) is 17.6. The van der Waals surface area contributed by atoms with Gasteiger partial charge < -0.3 is 10.4 Å². The second-order valence-corrected chi connectivity index (χ2v) is 7.80. The lowest BCUT2D eigenvalue weighted by Crippen LogP contribution is -2.51. The molecule has 3 aromatic carbocycles. The Labute approximate surface area is 177 Å². The summed E-state index contributed by atoms with van der Waals surface area (Å²) in [5.74, 6) is -1.38. The second kappa shape index (κ2) is 8.95. The number of carboxylic acids is 1. The van der Waals surface area contributed by atoms with E-state index < -0.39 is 17.4 Å². The van der Waals surface area contributed by atoms with Crippen molar-refractivity contribution in [3.05, 3.63) is 107 Å². The molecule has 0 bridgehead atoms. The smallest absolute Gasteiger partial charge is 0.326 e. The normalized spacial score (nSPS) is 12.2. The molecule has 4 nitrogen and oxygen atoms in total. The number of rotatable bonds is 7. The van der Waals surface area contributed by atoms with Crippen LogP contribution in [0.5, 0.6) is 0 Å². The summed E-state index contributed by atoms with van der Waals surface area (Å²) in [6.07, 6.45) is 0.235. The molecule has 0 fully saturated rings. The first-order valence-corrected chi connectivity index (χ1v) is 10.0. The van der Waals surface area contributed by atoms with E-state index in [1.54, 1.807) is 0 Å². The minimum atomic E-state index is -1.05. The van der Waals surface area contributed by atoms with E-state index in [0.29, 0.717) is 0 Å². The van der Waals surface area contributed by atoms with Crippen LogP contribution < -0.4 is 5.32 Å². The zero-order chi connectivity index (χ0) is 21.7. The number of benzene rings is 3. The lowest BCUT2D eigenvalue weighted by Gasteiger charge is -2.31. The first-order chi connectivity index (χ1) is 14.3. The molecule has 0 saturated heterocycles. The van der Waals surface area contributed by atoms with Crippen molar-refractivity contribution in [2.24, 2.45) is 0 Å². The Hall–Kier alpha value is -3.40. The molecule has 1 atom stereocenters. The number of hydrogen-bond acceptors (Lipinski definition) is 2. The topological polar surface area (TPSA) is 66.4 Å².